The van der Waals surface area contributed by atoms with E-state index in [1.54, 1.807) is 0 Å². The van der Waals surface area contributed by atoms with Gasteiger partial charge in [0.1, 0.15) is 0 Å². The average Bonchev–Trinajstić information content (AvgIpc) is 2.72. The van der Waals surface area contributed by atoms with E-state index in [0.29, 0.717) is 0 Å². The van der Waals surface area contributed by atoms with E-state index in [1.807, 2.05) is 0 Å². The number of hydrogen-bond donors (Lipinski definition) is 0. The fourth-order valence-electron chi connectivity index (χ4n) is 4.46. The Bertz CT molecular complexity index is 549. The zero-order chi connectivity index (χ0) is 23.9. The van der Waals surface area contributed by atoms with Crippen molar-refractivity contribution in [3.05, 3.63) is 34.9 Å². The normalized spacial score (nSPS) is 12.5. The van der Waals surface area contributed by atoms with Crippen molar-refractivity contribution in [3.8, 4) is 0 Å². The number of unbranched alkanes of at least 4 members (excludes halogenated alkanes) is 15. The van der Waals surface area contributed by atoms with Gasteiger partial charge in [0.25, 0.3) is 0 Å². The molecule has 1 rings (SSSR count). The van der Waals surface area contributed by atoms with Crippen molar-refractivity contribution in [2.75, 3.05) is 0 Å². The van der Waals surface area contributed by atoms with Gasteiger partial charge in [-0.1, -0.05) is 157 Å². The van der Waals surface area contributed by atoms with Gasteiger partial charge in [0.05, 0.1) is 0 Å². The molecule has 0 aromatic heterocycles. The maximum Gasteiger partial charge on any atom is -0.0103 e. The first kappa shape index (κ1) is 29.3. The molecule has 1 aromatic carbocycles. The molecule has 0 heteroatoms. The lowest BCUT2D eigenvalue weighted by molar-refractivity contribution is 0.529. The molecule has 32 heavy (non-hydrogen) atoms. The van der Waals surface area contributed by atoms with Crippen LogP contribution in [0.25, 0.3) is 0 Å². The monoisotopic (exact) mass is 441 g/mol. The lowest BCUT2D eigenvalue weighted by atomic mass is 9.79. The summed E-state index contributed by atoms with van der Waals surface area (Å²) in [7, 11) is 0. The third-order valence-corrected chi connectivity index (χ3v) is 6.86. The lowest BCUT2D eigenvalue weighted by Gasteiger charge is -2.25. The Hall–Kier alpha value is -0.780. The quantitative estimate of drug-likeness (QED) is 0.211. The Balaban J connectivity index is 2.11. The molecular weight excluding hydrogens is 384 g/mol. The highest BCUT2D eigenvalue weighted by Gasteiger charge is 2.20. The maximum atomic E-state index is 3.72. The summed E-state index contributed by atoms with van der Waals surface area (Å²) in [5.74, 6) is 0. The molecular formula is C32H57. The van der Waals surface area contributed by atoms with E-state index >= 15 is 0 Å². The summed E-state index contributed by atoms with van der Waals surface area (Å²) < 4.78 is 0. The minimum atomic E-state index is 0.171. The van der Waals surface area contributed by atoms with Crippen molar-refractivity contribution >= 4 is 0 Å². The van der Waals surface area contributed by atoms with Crippen LogP contribution in [0, 0.1) is 6.07 Å². The van der Waals surface area contributed by atoms with Crippen LogP contribution < -0.4 is 0 Å². The minimum absolute atomic E-state index is 0.171. The van der Waals surface area contributed by atoms with Gasteiger partial charge in [0.15, 0.2) is 0 Å². The summed E-state index contributed by atoms with van der Waals surface area (Å²) in [4.78, 5) is 0. The minimum Gasteiger partial charge on any atom is -0.0654 e. The average molecular weight is 442 g/mol. The first-order valence-corrected chi connectivity index (χ1v) is 14.2. The molecule has 0 saturated heterocycles. The van der Waals surface area contributed by atoms with Crippen LogP contribution >= 0.6 is 0 Å². The second-order valence-corrected chi connectivity index (χ2v) is 12.4. The summed E-state index contributed by atoms with van der Waals surface area (Å²) in [6.45, 7) is 16.2. The molecule has 0 fully saturated rings. The van der Waals surface area contributed by atoms with Crippen LogP contribution in [0.15, 0.2) is 12.1 Å². The molecule has 0 aliphatic carbocycles. The number of aryl methyl sites for hydroxylation is 1. The molecule has 185 valence electrons. The van der Waals surface area contributed by atoms with Gasteiger partial charge in [-0.15, -0.1) is 0 Å². The smallest absolute Gasteiger partial charge is 0.0103 e. The van der Waals surface area contributed by atoms with E-state index in [4.69, 9.17) is 0 Å². The van der Waals surface area contributed by atoms with E-state index in [-0.39, 0.29) is 10.8 Å². The van der Waals surface area contributed by atoms with E-state index in [1.165, 1.54) is 126 Å². The van der Waals surface area contributed by atoms with Crippen molar-refractivity contribution in [2.24, 2.45) is 0 Å². The van der Waals surface area contributed by atoms with Crippen molar-refractivity contribution in [3.63, 3.8) is 0 Å². The molecule has 0 nitrogen and oxygen atoms in total. The fourth-order valence-corrected chi connectivity index (χ4v) is 4.46. The fraction of sp³-hybridized carbons (Fsp3) is 0.812. The van der Waals surface area contributed by atoms with Gasteiger partial charge in [-0.05, 0) is 46.4 Å². The Morgan fingerprint density at radius 3 is 1.12 bits per heavy atom. The van der Waals surface area contributed by atoms with E-state index in [0.717, 1.165) is 0 Å². The summed E-state index contributed by atoms with van der Waals surface area (Å²) in [5.41, 5.74) is 4.60. The summed E-state index contributed by atoms with van der Waals surface area (Å²) in [5, 5.41) is 0. The van der Waals surface area contributed by atoms with Crippen molar-refractivity contribution in [2.45, 2.75) is 168 Å². The van der Waals surface area contributed by atoms with Crippen LogP contribution in [-0.2, 0) is 17.3 Å². The largest absolute Gasteiger partial charge is 0.0654 e. The van der Waals surface area contributed by atoms with Crippen LogP contribution in [0.3, 0.4) is 0 Å². The Morgan fingerprint density at radius 1 is 0.500 bits per heavy atom. The van der Waals surface area contributed by atoms with Gasteiger partial charge >= 0.3 is 0 Å². The molecule has 0 unspecified atom stereocenters. The van der Waals surface area contributed by atoms with Crippen LogP contribution in [-0.4, -0.2) is 0 Å². The van der Waals surface area contributed by atoms with E-state index in [2.05, 4.69) is 66.7 Å². The third-order valence-electron chi connectivity index (χ3n) is 6.86. The Kier molecular flexibility index (Phi) is 14.6. The molecule has 0 N–H and O–H groups in total. The molecule has 0 aliphatic heterocycles. The van der Waals surface area contributed by atoms with Gasteiger partial charge < -0.3 is 0 Å². The summed E-state index contributed by atoms with van der Waals surface area (Å²) in [6.07, 6.45) is 24.2. The zero-order valence-electron chi connectivity index (χ0n) is 23.2. The SMILES string of the molecule is CCCCCCCCCCCCCCCCCCc1cc(C(C)(C)C)[c]c(C(C)(C)C)c1. The predicted molar refractivity (Wildman–Crippen MR) is 146 cm³/mol. The van der Waals surface area contributed by atoms with Gasteiger partial charge in [-0.2, -0.15) is 0 Å². The van der Waals surface area contributed by atoms with Crippen molar-refractivity contribution in [1.29, 1.82) is 0 Å². The highest BCUT2D eigenvalue weighted by molar-refractivity contribution is 5.36. The van der Waals surface area contributed by atoms with Gasteiger partial charge in [0.2, 0.25) is 0 Å². The maximum absolute atomic E-state index is 3.72. The van der Waals surface area contributed by atoms with Gasteiger partial charge in [-0.3, -0.25) is 0 Å². The summed E-state index contributed by atoms with van der Waals surface area (Å²) in [6, 6.07) is 8.56. The number of benzene rings is 1. The molecule has 0 saturated carbocycles. The molecule has 1 aromatic rings. The van der Waals surface area contributed by atoms with Gasteiger partial charge in [0, 0.05) is 0 Å². The summed E-state index contributed by atoms with van der Waals surface area (Å²) >= 11 is 0. The Morgan fingerprint density at radius 2 is 0.812 bits per heavy atom. The first-order chi connectivity index (χ1) is 15.1. The Labute approximate surface area is 203 Å². The number of hydrogen-bond acceptors (Lipinski definition) is 0. The zero-order valence-corrected chi connectivity index (χ0v) is 23.2. The third kappa shape index (κ3) is 13.7. The van der Waals surface area contributed by atoms with E-state index < -0.39 is 0 Å². The highest BCUT2D eigenvalue weighted by atomic mass is 14.2. The number of rotatable bonds is 17. The van der Waals surface area contributed by atoms with Crippen LogP contribution in [0.2, 0.25) is 0 Å². The molecule has 1 radical (unpaired) electrons. The van der Waals surface area contributed by atoms with Crippen molar-refractivity contribution in [1.82, 2.24) is 0 Å². The van der Waals surface area contributed by atoms with Crippen LogP contribution in [0.1, 0.15) is 168 Å². The van der Waals surface area contributed by atoms with Crippen LogP contribution in [0.5, 0.6) is 0 Å². The standard InChI is InChI=1S/C32H57/c1-8-9-10-11-12-13-14-15-16-17-18-19-20-21-22-23-24-28-25-29(31(2,3)4)27-30(26-28)32(5,6)7/h25-26H,8-24H2,1-7H3. The van der Waals surface area contributed by atoms with E-state index in [9.17, 15) is 0 Å². The van der Waals surface area contributed by atoms with Crippen LogP contribution in [0.4, 0.5) is 0 Å². The molecule has 0 spiro atoms. The second-order valence-electron chi connectivity index (χ2n) is 12.4. The lowest BCUT2D eigenvalue weighted by Crippen LogP contribution is -2.17. The topological polar surface area (TPSA) is 0 Å². The molecule has 0 amide bonds. The second kappa shape index (κ2) is 16.0. The van der Waals surface area contributed by atoms with Gasteiger partial charge in [-0.25, -0.2) is 0 Å². The molecule has 0 bridgehead atoms. The molecule has 0 atom stereocenters. The molecule has 0 heterocycles. The molecule has 0 aliphatic rings. The van der Waals surface area contributed by atoms with Crippen molar-refractivity contribution < 1.29 is 0 Å². The highest BCUT2D eigenvalue weighted by Crippen LogP contribution is 2.30. The first-order valence-electron chi connectivity index (χ1n) is 14.2. The predicted octanol–water partition coefficient (Wildman–Crippen LogP) is 10.9.